The van der Waals surface area contributed by atoms with Crippen molar-refractivity contribution in [3.63, 3.8) is 0 Å². The molecule has 0 bridgehead atoms. The summed E-state index contributed by atoms with van der Waals surface area (Å²) in [5.41, 5.74) is 0. The summed E-state index contributed by atoms with van der Waals surface area (Å²) >= 11 is 0. The van der Waals surface area contributed by atoms with E-state index in [1.165, 1.54) is 19.3 Å². The summed E-state index contributed by atoms with van der Waals surface area (Å²) in [6.45, 7) is 9.24. The zero-order valence-corrected chi connectivity index (χ0v) is 15.8. The first-order chi connectivity index (χ1) is 12.3. The van der Waals surface area contributed by atoms with Gasteiger partial charge in [-0.25, -0.2) is 4.79 Å². The predicted octanol–water partition coefficient (Wildman–Crippen LogP) is 3.15. The van der Waals surface area contributed by atoms with Crippen LogP contribution in [0, 0.1) is 10.8 Å². The summed E-state index contributed by atoms with van der Waals surface area (Å²) in [6, 6.07) is -0.398. The molecule has 0 spiro atoms. The Morgan fingerprint density at radius 1 is 1.35 bits per heavy atom. The van der Waals surface area contributed by atoms with E-state index in [1.54, 1.807) is 13.0 Å². The van der Waals surface area contributed by atoms with Gasteiger partial charge in [-0.1, -0.05) is 39.2 Å². The van der Waals surface area contributed by atoms with Crippen molar-refractivity contribution in [1.82, 2.24) is 10.6 Å². The standard InChI is InChI=1S/C8H17NO2.C6H10O2.C3H4N2O2/c1-3-4-5-6-7-8(2)11-9-10;1-3-4-5(2)6(7)8;6-2-1-4-3(7)5-2/h8H,3-7H2,1-2H3;3,5H,1,4H2,2H3,(H,7,8);1H2,(H2,4,5,6,7). The van der Waals surface area contributed by atoms with E-state index in [1.807, 2.05) is 12.2 Å². The minimum atomic E-state index is -0.759. The number of nitrogens with one attached hydrogen (secondary N) is 2. The van der Waals surface area contributed by atoms with Gasteiger partial charge in [0.15, 0.2) is 5.34 Å². The first-order valence-electron chi connectivity index (χ1n) is 8.68. The van der Waals surface area contributed by atoms with Crippen LogP contribution >= 0.6 is 0 Å². The average Bonchev–Trinajstić information content (AvgIpc) is 2.96. The van der Waals surface area contributed by atoms with Gasteiger partial charge in [-0.15, -0.1) is 11.5 Å². The number of hydrogen-bond acceptors (Lipinski definition) is 6. The molecule has 0 aromatic rings. The Hall–Kier alpha value is -2.45. The summed E-state index contributed by atoms with van der Waals surface area (Å²) in [7, 11) is 0. The van der Waals surface area contributed by atoms with Crippen molar-refractivity contribution in [2.45, 2.75) is 65.4 Å². The number of hydrogen-bond donors (Lipinski definition) is 3. The van der Waals surface area contributed by atoms with Crippen molar-refractivity contribution in [2.75, 3.05) is 6.54 Å². The van der Waals surface area contributed by atoms with Crippen molar-refractivity contribution < 1.29 is 24.3 Å². The van der Waals surface area contributed by atoms with E-state index < -0.39 is 12.0 Å². The molecule has 0 radical (unpaired) electrons. The summed E-state index contributed by atoms with van der Waals surface area (Å²) in [5, 5.41) is 14.9. The number of carbonyl (C=O) groups is 3. The predicted molar refractivity (Wildman–Crippen MR) is 98.3 cm³/mol. The van der Waals surface area contributed by atoms with Crippen LogP contribution in [0.5, 0.6) is 0 Å². The van der Waals surface area contributed by atoms with E-state index in [2.05, 4.69) is 29.0 Å². The van der Waals surface area contributed by atoms with Crippen LogP contribution in [-0.2, 0) is 14.4 Å². The topological polar surface area (TPSA) is 134 Å². The number of nitrogens with zero attached hydrogens (tertiary/aromatic N) is 1. The van der Waals surface area contributed by atoms with Gasteiger partial charge in [0.2, 0.25) is 5.91 Å². The van der Waals surface area contributed by atoms with Crippen LogP contribution in [0.4, 0.5) is 4.79 Å². The second-order valence-corrected chi connectivity index (χ2v) is 5.83. The molecule has 3 amide bonds. The van der Waals surface area contributed by atoms with Crippen molar-refractivity contribution in [3.05, 3.63) is 17.6 Å². The maximum Gasteiger partial charge on any atom is 0.321 e. The lowest BCUT2D eigenvalue weighted by Crippen LogP contribution is -2.22. The molecular formula is C17H31N3O6. The fourth-order valence-electron chi connectivity index (χ4n) is 1.71. The van der Waals surface area contributed by atoms with Crippen LogP contribution in [0.25, 0.3) is 0 Å². The van der Waals surface area contributed by atoms with Gasteiger partial charge in [0.25, 0.3) is 0 Å². The zero-order chi connectivity index (χ0) is 20.4. The summed E-state index contributed by atoms with van der Waals surface area (Å²) in [6.07, 6.45) is 7.94. The number of imide groups is 1. The van der Waals surface area contributed by atoms with E-state index in [4.69, 9.17) is 5.11 Å². The van der Waals surface area contributed by atoms with Gasteiger partial charge < -0.3 is 15.3 Å². The van der Waals surface area contributed by atoms with Crippen molar-refractivity contribution in [1.29, 1.82) is 0 Å². The molecule has 3 N–H and O–H groups in total. The number of urea groups is 1. The van der Waals surface area contributed by atoms with Crippen LogP contribution in [-0.4, -0.2) is 35.7 Å². The van der Waals surface area contributed by atoms with E-state index in [0.29, 0.717) is 6.42 Å². The summed E-state index contributed by atoms with van der Waals surface area (Å²) in [4.78, 5) is 44.2. The van der Waals surface area contributed by atoms with E-state index in [9.17, 15) is 19.3 Å². The van der Waals surface area contributed by atoms with Crippen LogP contribution in [0.15, 0.2) is 18.0 Å². The molecular weight excluding hydrogens is 342 g/mol. The lowest BCUT2D eigenvalue weighted by Gasteiger charge is -2.05. The Kier molecular flexibility index (Phi) is 17.2. The van der Waals surface area contributed by atoms with E-state index in [0.717, 1.165) is 12.8 Å². The third kappa shape index (κ3) is 17.9. The van der Waals surface area contributed by atoms with Gasteiger partial charge >= 0.3 is 12.0 Å². The van der Waals surface area contributed by atoms with Crippen molar-refractivity contribution >= 4 is 17.9 Å². The minimum Gasteiger partial charge on any atom is -0.481 e. The highest BCUT2D eigenvalue weighted by atomic mass is 16.7. The number of aliphatic carboxylic acids is 1. The van der Waals surface area contributed by atoms with Crippen LogP contribution in [0.2, 0.25) is 0 Å². The summed E-state index contributed by atoms with van der Waals surface area (Å²) < 4.78 is 0. The van der Waals surface area contributed by atoms with Gasteiger partial charge in [0.1, 0.15) is 6.10 Å². The molecule has 1 fully saturated rings. The third-order valence-electron chi connectivity index (χ3n) is 3.29. The number of carboxylic acids is 1. The number of allylic oxidation sites excluding steroid dienone is 1. The Morgan fingerprint density at radius 2 is 2.00 bits per heavy atom. The molecule has 1 aliphatic heterocycles. The smallest absolute Gasteiger partial charge is 0.321 e. The number of unbranched alkanes of at least 4 members (excludes halogenated alkanes) is 3. The fraction of sp³-hybridized carbons (Fsp3) is 0.706. The molecule has 1 heterocycles. The quantitative estimate of drug-likeness (QED) is 0.177. The molecule has 150 valence electrons. The lowest BCUT2D eigenvalue weighted by molar-refractivity contribution is -0.141. The molecule has 0 saturated carbocycles. The molecule has 2 unspecified atom stereocenters. The second kappa shape index (κ2) is 17.4. The minimum absolute atomic E-state index is 0.00986. The second-order valence-electron chi connectivity index (χ2n) is 5.83. The molecule has 1 saturated heterocycles. The molecule has 2 atom stereocenters. The van der Waals surface area contributed by atoms with Crippen molar-refractivity contribution in [2.24, 2.45) is 11.3 Å². The molecule has 0 aliphatic carbocycles. The van der Waals surface area contributed by atoms with E-state index >= 15 is 0 Å². The van der Waals surface area contributed by atoms with Crippen molar-refractivity contribution in [3.8, 4) is 0 Å². The lowest BCUT2D eigenvalue weighted by atomic mass is 10.1. The molecule has 9 nitrogen and oxygen atoms in total. The highest BCUT2D eigenvalue weighted by Crippen LogP contribution is 2.07. The molecule has 1 aliphatic rings. The molecule has 0 aromatic heterocycles. The first kappa shape index (κ1) is 25.8. The first-order valence-corrected chi connectivity index (χ1v) is 8.68. The Labute approximate surface area is 154 Å². The van der Waals surface area contributed by atoms with Crippen LogP contribution in [0.3, 0.4) is 0 Å². The average molecular weight is 373 g/mol. The molecule has 9 heteroatoms. The van der Waals surface area contributed by atoms with Gasteiger partial charge in [0, 0.05) is 0 Å². The SMILES string of the molecule is C=CCC(C)C(=O)O.CCCCCCC(C)ON=O.O=C1CNC(=O)N1. The van der Waals surface area contributed by atoms with Crippen LogP contribution < -0.4 is 10.6 Å². The highest BCUT2D eigenvalue weighted by Gasteiger charge is 2.14. The third-order valence-corrected chi connectivity index (χ3v) is 3.29. The maximum atomic E-state index is 10.1. The van der Waals surface area contributed by atoms with Gasteiger partial charge in [-0.2, -0.15) is 0 Å². The van der Waals surface area contributed by atoms with Gasteiger partial charge in [-0.05, 0) is 26.2 Å². The summed E-state index contributed by atoms with van der Waals surface area (Å²) in [5.74, 6) is -1.30. The van der Waals surface area contributed by atoms with Gasteiger partial charge in [0.05, 0.1) is 12.5 Å². The Bertz CT molecular complexity index is 428. The van der Waals surface area contributed by atoms with Crippen LogP contribution in [0.1, 0.15) is 59.3 Å². The number of rotatable bonds is 10. The maximum absolute atomic E-state index is 10.1. The molecule has 0 aromatic carbocycles. The number of carboxylic acid groups (broad SMARTS) is 1. The Balaban J connectivity index is 0. The largest absolute Gasteiger partial charge is 0.481 e. The van der Waals surface area contributed by atoms with Gasteiger partial charge in [-0.3, -0.25) is 14.9 Å². The molecule has 26 heavy (non-hydrogen) atoms. The monoisotopic (exact) mass is 373 g/mol. The zero-order valence-electron chi connectivity index (χ0n) is 15.8. The van der Waals surface area contributed by atoms with E-state index in [-0.39, 0.29) is 24.5 Å². The normalized spacial score (nSPS) is 14.3. The fourth-order valence-corrected chi connectivity index (χ4v) is 1.71. The molecule has 1 rings (SSSR count). The number of amides is 3. The Morgan fingerprint density at radius 3 is 2.31 bits per heavy atom. The highest BCUT2D eigenvalue weighted by molar-refractivity contribution is 6.01. The number of carbonyl (C=O) groups excluding carboxylic acids is 2.